The second-order valence-electron chi connectivity index (χ2n) is 5.22. The monoisotopic (exact) mass is 290 g/mol. The Morgan fingerprint density at radius 3 is 2.61 bits per heavy atom. The number of anilines is 1. The highest BCUT2D eigenvalue weighted by Gasteiger charge is 2.19. The topological polar surface area (TPSA) is 51.2 Å². The summed E-state index contributed by atoms with van der Waals surface area (Å²) in [5.41, 5.74) is 0.674. The van der Waals surface area contributed by atoms with Crippen LogP contribution in [0.5, 0.6) is 0 Å². The van der Waals surface area contributed by atoms with E-state index in [9.17, 15) is 4.79 Å². The molecule has 0 aromatic carbocycles. The van der Waals surface area contributed by atoms with E-state index in [2.05, 4.69) is 10.3 Å². The van der Waals surface area contributed by atoms with Crippen LogP contribution in [-0.4, -0.2) is 16.7 Å². The van der Waals surface area contributed by atoms with Gasteiger partial charge in [-0.2, -0.15) is 0 Å². The third-order valence-electron chi connectivity index (χ3n) is 2.45. The maximum absolute atomic E-state index is 11.6. The average Bonchev–Trinajstić information content (AvgIpc) is 2.55. The lowest BCUT2D eigenvalue weighted by Gasteiger charge is -2.18. The summed E-state index contributed by atoms with van der Waals surface area (Å²) in [6, 6.07) is 0. The van der Waals surface area contributed by atoms with Gasteiger partial charge in [-0.3, -0.25) is 5.32 Å². The van der Waals surface area contributed by atoms with Crippen LogP contribution in [0.1, 0.15) is 44.2 Å². The fourth-order valence-electron chi connectivity index (χ4n) is 1.80. The molecule has 1 N–H and O–H groups in total. The molecule has 1 amide bonds. The number of hydrogen-bond acceptors (Lipinski definition) is 4. The van der Waals surface area contributed by atoms with Crippen molar-refractivity contribution in [3.63, 3.8) is 0 Å². The normalized spacial score (nSPS) is 14.4. The molecule has 4 nitrogen and oxygen atoms in total. The Morgan fingerprint density at radius 2 is 2.00 bits per heavy atom. The van der Waals surface area contributed by atoms with Crippen molar-refractivity contribution in [1.82, 2.24) is 4.98 Å². The average molecular weight is 291 g/mol. The number of aryl methyl sites for hydroxylation is 2. The van der Waals surface area contributed by atoms with Crippen LogP contribution < -0.4 is 5.32 Å². The van der Waals surface area contributed by atoms with Gasteiger partial charge in [0.05, 0.1) is 5.69 Å². The Morgan fingerprint density at radius 1 is 1.33 bits per heavy atom. The van der Waals surface area contributed by atoms with Gasteiger partial charge >= 0.3 is 6.09 Å². The van der Waals surface area contributed by atoms with Gasteiger partial charge in [-0.25, -0.2) is 9.78 Å². The SMILES string of the molecule is CC(C)(C)OC(=O)Nc1nc2c(s1)CCCC2.Cl. The molecular weight excluding hydrogens is 272 g/mol. The third-order valence-corrected chi connectivity index (χ3v) is 3.53. The first-order valence-electron chi connectivity index (χ1n) is 5.92. The van der Waals surface area contributed by atoms with Crippen molar-refractivity contribution in [2.75, 3.05) is 5.32 Å². The number of ether oxygens (including phenoxy) is 1. The fraction of sp³-hybridized carbons (Fsp3) is 0.667. The minimum absolute atomic E-state index is 0. The molecule has 0 saturated heterocycles. The van der Waals surface area contributed by atoms with Crippen LogP contribution >= 0.6 is 23.7 Å². The molecule has 2 rings (SSSR count). The molecule has 1 aliphatic carbocycles. The molecule has 1 aromatic rings. The van der Waals surface area contributed by atoms with Gasteiger partial charge in [0.25, 0.3) is 0 Å². The van der Waals surface area contributed by atoms with Gasteiger partial charge in [0.2, 0.25) is 0 Å². The van der Waals surface area contributed by atoms with Crippen molar-refractivity contribution in [3.05, 3.63) is 10.6 Å². The van der Waals surface area contributed by atoms with Crippen LogP contribution in [-0.2, 0) is 17.6 Å². The van der Waals surface area contributed by atoms with Crippen molar-refractivity contribution in [2.45, 2.75) is 52.1 Å². The van der Waals surface area contributed by atoms with Crippen molar-refractivity contribution in [2.24, 2.45) is 0 Å². The van der Waals surface area contributed by atoms with E-state index in [4.69, 9.17) is 4.74 Å². The van der Waals surface area contributed by atoms with Gasteiger partial charge in [-0.15, -0.1) is 23.7 Å². The van der Waals surface area contributed by atoms with E-state index in [1.807, 2.05) is 20.8 Å². The Kier molecular flexibility index (Phi) is 4.99. The molecule has 6 heteroatoms. The van der Waals surface area contributed by atoms with Crippen molar-refractivity contribution >= 4 is 35.0 Å². The van der Waals surface area contributed by atoms with E-state index in [1.165, 1.54) is 17.7 Å². The van der Waals surface area contributed by atoms with E-state index in [0.717, 1.165) is 18.5 Å². The number of hydrogen-bond donors (Lipinski definition) is 1. The molecule has 1 aliphatic rings. The van der Waals surface area contributed by atoms with E-state index in [1.54, 1.807) is 11.3 Å². The molecule has 1 heterocycles. The zero-order valence-corrected chi connectivity index (χ0v) is 12.5. The standard InChI is InChI=1S/C12H18N2O2S.ClH/c1-12(2,3)16-11(15)14-10-13-8-6-4-5-7-9(8)17-10;/h4-7H2,1-3H3,(H,13,14,15);1H. The van der Waals surface area contributed by atoms with Crippen molar-refractivity contribution in [3.8, 4) is 0 Å². The quantitative estimate of drug-likeness (QED) is 0.856. The molecule has 1 aromatic heterocycles. The second kappa shape index (κ2) is 5.89. The van der Waals surface area contributed by atoms with Crippen LogP contribution in [0.4, 0.5) is 9.93 Å². The first kappa shape index (κ1) is 15.2. The number of halogens is 1. The maximum Gasteiger partial charge on any atom is 0.413 e. The molecule has 0 spiro atoms. The van der Waals surface area contributed by atoms with Gasteiger partial charge in [-0.05, 0) is 46.5 Å². The summed E-state index contributed by atoms with van der Waals surface area (Å²) >= 11 is 1.57. The molecule has 0 aliphatic heterocycles. The van der Waals surface area contributed by atoms with Gasteiger partial charge < -0.3 is 4.74 Å². The van der Waals surface area contributed by atoms with E-state index in [0.29, 0.717) is 5.13 Å². The molecule has 0 radical (unpaired) electrons. The number of aromatic nitrogens is 1. The number of carbonyl (C=O) groups excluding carboxylic acids is 1. The van der Waals surface area contributed by atoms with E-state index < -0.39 is 11.7 Å². The van der Waals surface area contributed by atoms with E-state index in [-0.39, 0.29) is 12.4 Å². The highest BCUT2D eigenvalue weighted by atomic mass is 35.5. The summed E-state index contributed by atoms with van der Waals surface area (Å²) in [5, 5.41) is 3.36. The first-order valence-corrected chi connectivity index (χ1v) is 6.74. The molecular formula is C12H19ClN2O2S. The van der Waals surface area contributed by atoms with Gasteiger partial charge in [0, 0.05) is 4.88 Å². The Hall–Kier alpha value is -0.810. The number of carbonyl (C=O) groups is 1. The minimum atomic E-state index is -0.471. The van der Waals surface area contributed by atoms with Crippen molar-refractivity contribution < 1.29 is 9.53 Å². The molecule has 102 valence electrons. The van der Waals surface area contributed by atoms with Crippen molar-refractivity contribution in [1.29, 1.82) is 0 Å². The fourth-order valence-corrected chi connectivity index (χ4v) is 2.83. The number of nitrogens with one attached hydrogen (secondary N) is 1. The largest absolute Gasteiger partial charge is 0.444 e. The highest BCUT2D eigenvalue weighted by molar-refractivity contribution is 7.15. The van der Waals surface area contributed by atoms with Gasteiger partial charge in [-0.1, -0.05) is 0 Å². The Bertz CT molecular complexity index is 403. The minimum Gasteiger partial charge on any atom is -0.444 e. The zero-order valence-electron chi connectivity index (χ0n) is 10.9. The molecule has 18 heavy (non-hydrogen) atoms. The lowest BCUT2D eigenvalue weighted by atomic mass is 10.0. The Balaban J connectivity index is 0.00000162. The predicted molar refractivity (Wildman–Crippen MR) is 75.9 cm³/mol. The van der Waals surface area contributed by atoms with Crippen LogP contribution in [0.2, 0.25) is 0 Å². The Labute approximate surface area is 118 Å². The summed E-state index contributed by atoms with van der Waals surface area (Å²) in [6.07, 6.45) is 4.11. The third kappa shape index (κ3) is 4.14. The highest BCUT2D eigenvalue weighted by Crippen LogP contribution is 2.29. The van der Waals surface area contributed by atoms with Crippen LogP contribution in [0, 0.1) is 0 Å². The lowest BCUT2D eigenvalue weighted by Crippen LogP contribution is -2.27. The second-order valence-corrected chi connectivity index (χ2v) is 6.31. The predicted octanol–water partition coefficient (Wildman–Crippen LogP) is 3.79. The van der Waals surface area contributed by atoms with E-state index >= 15 is 0 Å². The number of rotatable bonds is 1. The smallest absolute Gasteiger partial charge is 0.413 e. The number of nitrogens with zero attached hydrogens (tertiary/aromatic N) is 1. The van der Waals surface area contributed by atoms with Crippen LogP contribution in [0.3, 0.4) is 0 Å². The van der Waals surface area contributed by atoms with Crippen LogP contribution in [0.15, 0.2) is 0 Å². The number of fused-ring (bicyclic) bond motifs is 1. The number of thiazole rings is 1. The van der Waals surface area contributed by atoms with Gasteiger partial charge in [0.15, 0.2) is 5.13 Å². The van der Waals surface area contributed by atoms with Gasteiger partial charge in [0.1, 0.15) is 5.60 Å². The number of amides is 1. The van der Waals surface area contributed by atoms with Crippen LogP contribution in [0.25, 0.3) is 0 Å². The molecule has 0 bridgehead atoms. The molecule has 0 atom stereocenters. The maximum atomic E-state index is 11.6. The summed E-state index contributed by atoms with van der Waals surface area (Å²) in [7, 11) is 0. The molecule has 0 fully saturated rings. The summed E-state index contributed by atoms with van der Waals surface area (Å²) in [6.45, 7) is 5.54. The summed E-state index contributed by atoms with van der Waals surface area (Å²) < 4.78 is 5.19. The first-order chi connectivity index (χ1) is 7.94. The summed E-state index contributed by atoms with van der Waals surface area (Å²) in [5.74, 6) is 0. The zero-order chi connectivity index (χ0) is 12.5. The molecule has 0 saturated carbocycles. The molecule has 0 unspecified atom stereocenters. The summed E-state index contributed by atoms with van der Waals surface area (Å²) in [4.78, 5) is 17.3. The lowest BCUT2D eigenvalue weighted by molar-refractivity contribution is 0.0636.